The van der Waals surface area contributed by atoms with E-state index in [1.807, 2.05) is 32.0 Å². The van der Waals surface area contributed by atoms with Crippen LogP contribution >= 0.6 is 0 Å². The molecule has 0 saturated carbocycles. The van der Waals surface area contributed by atoms with E-state index in [9.17, 15) is 5.11 Å². The zero-order chi connectivity index (χ0) is 14.7. The first-order chi connectivity index (χ1) is 9.47. The molecule has 0 aliphatic heterocycles. The van der Waals surface area contributed by atoms with Crippen LogP contribution in [0, 0.1) is 19.3 Å². The summed E-state index contributed by atoms with van der Waals surface area (Å²) in [4.78, 5) is 0. The molecule has 0 aliphatic rings. The highest BCUT2D eigenvalue weighted by atomic mass is 16.5. The van der Waals surface area contributed by atoms with Crippen LogP contribution in [0.25, 0.3) is 0 Å². The number of rotatable bonds is 4. The largest absolute Gasteiger partial charge is 0.508 e. The Kier molecular flexibility index (Phi) is 3.94. The second-order valence-corrected chi connectivity index (χ2v) is 4.81. The third kappa shape index (κ3) is 3.09. The number of hydrogen-bond acceptors (Lipinski definition) is 3. The average Bonchev–Trinajstić information content (AvgIpc) is 2.37. The van der Waals surface area contributed by atoms with E-state index in [1.165, 1.54) is 0 Å². The average molecular weight is 270 g/mol. The van der Waals surface area contributed by atoms with Crippen molar-refractivity contribution in [3.8, 4) is 11.5 Å². The van der Waals surface area contributed by atoms with Gasteiger partial charge in [0.15, 0.2) is 0 Å². The van der Waals surface area contributed by atoms with Crippen LogP contribution in [-0.4, -0.2) is 10.9 Å². The van der Waals surface area contributed by atoms with Crippen LogP contribution in [0.1, 0.15) is 22.3 Å². The fourth-order valence-electron chi connectivity index (χ4n) is 2.14. The summed E-state index contributed by atoms with van der Waals surface area (Å²) in [6.45, 7) is 4.24. The van der Waals surface area contributed by atoms with Crippen molar-refractivity contribution in [2.45, 2.75) is 20.5 Å². The normalized spacial score (nSPS) is 10.3. The predicted octanol–water partition coefficient (Wildman–Crippen LogP) is 2.87. The predicted molar refractivity (Wildman–Crippen MR) is 79.4 cm³/mol. The quantitative estimate of drug-likeness (QED) is 0.590. The first-order valence-corrected chi connectivity index (χ1v) is 6.33. The van der Waals surface area contributed by atoms with Crippen LogP contribution in [0.3, 0.4) is 0 Å². The van der Waals surface area contributed by atoms with Gasteiger partial charge in [-0.1, -0.05) is 12.1 Å². The van der Waals surface area contributed by atoms with Crippen molar-refractivity contribution in [2.75, 3.05) is 0 Å². The van der Waals surface area contributed by atoms with Crippen molar-refractivity contribution in [1.29, 1.82) is 5.41 Å². The Bertz CT molecular complexity index is 628. The number of nitrogen functional groups attached to an aromatic ring is 1. The molecular formula is C16H18N2O2. The van der Waals surface area contributed by atoms with Crippen molar-refractivity contribution in [2.24, 2.45) is 5.73 Å². The highest BCUT2D eigenvalue weighted by molar-refractivity contribution is 5.95. The number of nitrogens with one attached hydrogen (secondary N) is 1. The summed E-state index contributed by atoms with van der Waals surface area (Å²) in [6, 6.07) is 10.7. The van der Waals surface area contributed by atoms with Gasteiger partial charge >= 0.3 is 0 Å². The van der Waals surface area contributed by atoms with Gasteiger partial charge in [-0.05, 0) is 54.8 Å². The minimum Gasteiger partial charge on any atom is -0.508 e. The van der Waals surface area contributed by atoms with Gasteiger partial charge in [-0.15, -0.1) is 0 Å². The molecule has 20 heavy (non-hydrogen) atoms. The molecule has 0 heterocycles. The molecule has 0 saturated heterocycles. The molecule has 0 aliphatic carbocycles. The number of phenols is 1. The first kappa shape index (κ1) is 13.9. The lowest BCUT2D eigenvalue weighted by molar-refractivity contribution is 0.301. The van der Waals surface area contributed by atoms with Gasteiger partial charge in [-0.3, -0.25) is 5.41 Å². The highest BCUT2D eigenvalue weighted by Gasteiger charge is 2.08. The number of aromatic hydroxyl groups is 1. The van der Waals surface area contributed by atoms with E-state index >= 15 is 0 Å². The van der Waals surface area contributed by atoms with Crippen LogP contribution in [0.4, 0.5) is 0 Å². The SMILES string of the molecule is Cc1cc(C(=N)N)cc(C)c1OCc1cccc(O)c1. The summed E-state index contributed by atoms with van der Waals surface area (Å²) in [7, 11) is 0. The van der Waals surface area contributed by atoms with Crippen LogP contribution < -0.4 is 10.5 Å². The molecule has 0 aromatic heterocycles. The molecule has 0 bridgehead atoms. The number of hydrogen-bond donors (Lipinski definition) is 3. The minimum absolute atomic E-state index is 0.0516. The van der Waals surface area contributed by atoms with Gasteiger partial charge in [0.25, 0.3) is 0 Å². The van der Waals surface area contributed by atoms with Gasteiger partial charge in [0.1, 0.15) is 23.9 Å². The maximum Gasteiger partial charge on any atom is 0.125 e. The van der Waals surface area contributed by atoms with Crippen molar-refractivity contribution in [3.05, 3.63) is 58.7 Å². The van der Waals surface area contributed by atoms with Crippen molar-refractivity contribution < 1.29 is 9.84 Å². The summed E-state index contributed by atoms with van der Waals surface area (Å²) < 4.78 is 5.82. The fraction of sp³-hybridized carbons (Fsp3) is 0.188. The van der Waals surface area contributed by atoms with Crippen molar-refractivity contribution in [3.63, 3.8) is 0 Å². The van der Waals surface area contributed by atoms with Crippen LogP contribution in [0.15, 0.2) is 36.4 Å². The highest BCUT2D eigenvalue weighted by Crippen LogP contribution is 2.26. The standard InChI is InChI=1S/C16H18N2O2/c1-10-6-13(16(17)18)7-11(2)15(10)20-9-12-4-3-5-14(19)8-12/h3-8,19H,9H2,1-2H3,(H3,17,18). The van der Waals surface area contributed by atoms with Crippen LogP contribution in [-0.2, 0) is 6.61 Å². The molecule has 2 rings (SSSR count). The maximum absolute atomic E-state index is 9.42. The number of benzene rings is 2. The lowest BCUT2D eigenvalue weighted by Crippen LogP contribution is -2.12. The molecule has 2 aromatic rings. The van der Waals surface area contributed by atoms with Gasteiger partial charge in [0, 0.05) is 5.56 Å². The summed E-state index contributed by atoms with van der Waals surface area (Å²) in [5.41, 5.74) is 8.98. The molecule has 4 nitrogen and oxygen atoms in total. The van der Waals surface area contributed by atoms with Crippen LogP contribution in [0.5, 0.6) is 11.5 Å². The van der Waals surface area contributed by atoms with Gasteiger partial charge in [-0.2, -0.15) is 0 Å². The molecule has 0 amide bonds. The number of phenolic OH excluding ortho intramolecular Hbond substituents is 1. The molecular weight excluding hydrogens is 252 g/mol. The van der Waals surface area contributed by atoms with E-state index in [4.69, 9.17) is 15.9 Å². The molecule has 0 radical (unpaired) electrons. The molecule has 4 N–H and O–H groups in total. The van der Waals surface area contributed by atoms with Gasteiger partial charge < -0.3 is 15.6 Å². The Morgan fingerprint density at radius 2 is 1.85 bits per heavy atom. The Morgan fingerprint density at radius 1 is 1.20 bits per heavy atom. The summed E-state index contributed by atoms with van der Waals surface area (Å²) in [5.74, 6) is 1.07. The van der Waals surface area contributed by atoms with E-state index in [1.54, 1.807) is 18.2 Å². The van der Waals surface area contributed by atoms with E-state index in [0.717, 1.165) is 22.4 Å². The van der Waals surface area contributed by atoms with Gasteiger partial charge in [0.2, 0.25) is 0 Å². The fourth-order valence-corrected chi connectivity index (χ4v) is 2.14. The molecule has 4 heteroatoms. The second kappa shape index (κ2) is 5.65. The Hall–Kier alpha value is -2.49. The Labute approximate surface area is 118 Å². The van der Waals surface area contributed by atoms with E-state index in [-0.39, 0.29) is 11.6 Å². The topological polar surface area (TPSA) is 79.3 Å². The number of amidine groups is 1. The van der Waals surface area contributed by atoms with Gasteiger partial charge in [-0.25, -0.2) is 0 Å². The van der Waals surface area contributed by atoms with E-state index < -0.39 is 0 Å². The molecule has 104 valence electrons. The summed E-state index contributed by atoms with van der Waals surface area (Å²) in [5, 5.41) is 16.9. The lowest BCUT2D eigenvalue weighted by Gasteiger charge is -2.14. The molecule has 0 atom stereocenters. The number of ether oxygens (including phenoxy) is 1. The Morgan fingerprint density at radius 3 is 2.40 bits per heavy atom. The van der Waals surface area contributed by atoms with Crippen molar-refractivity contribution in [1.82, 2.24) is 0 Å². The van der Waals surface area contributed by atoms with E-state index in [0.29, 0.717) is 12.2 Å². The zero-order valence-corrected chi connectivity index (χ0v) is 11.6. The number of nitrogens with two attached hydrogens (primary N) is 1. The molecule has 2 aromatic carbocycles. The molecule has 0 spiro atoms. The first-order valence-electron chi connectivity index (χ1n) is 6.33. The third-order valence-electron chi connectivity index (χ3n) is 3.07. The zero-order valence-electron chi connectivity index (χ0n) is 11.6. The summed E-state index contributed by atoms with van der Waals surface area (Å²) in [6.07, 6.45) is 0. The Balaban J connectivity index is 2.20. The third-order valence-corrected chi connectivity index (χ3v) is 3.07. The number of aryl methyl sites for hydroxylation is 2. The monoisotopic (exact) mass is 270 g/mol. The smallest absolute Gasteiger partial charge is 0.125 e. The van der Waals surface area contributed by atoms with E-state index in [2.05, 4.69) is 0 Å². The summed E-state index contributed by atoms with van der Waals surface area (Å²) >= 11 is 0. The lowest BCUT2D eigenvalue weighted by atomic mass is 10.1. The van der Waals surface area contributed by atoms with Crippen molar-refractivity contribution >= 4 is 5.84 Å². The van der Waals surface area contributed by atoms with Gasteiger partial charge in [0.05, 0.1) is 0 Å². The molecule has 0 unspecified atom stereocenters. The maximum atomic E-state index is 9.42. The molecule has 0 fully saturated rings. The second-order valence-electron chi connectivity index (χ2n) is 4.81. The van der Waals surface area contributed by atoms with Crippen LogP contribution in [0.2, 0.25) is 0 Å². The minimum atomic E-state index is 0.0516.